The maximum Gasteiger partial charge on any atom is 0.416 e. The first kappa shape index (κ1) is 23.2. The zero-order valence-corrected chi connectivity index (χ0v) is 18.4. The number of morpholine rings is 1. The van der Waals surface area contributed by atoms with E-state index in [1.54, 1.807) is 4.90 Å². The summed E-state index contributed by atoms with van der Waals surface area (Å²) in [5.74, 6) is -0.403. The van der Waals surface area contributed by atoms with Gasteiger partial charge in [0.2, 0.25) is 11.8 Å². The Balaban J connectivity index is 1.43. The van der Waals surface area contributed by atoms with Gasteiger partial charge in [0, 0.05) is 40.8 Å². The first-order valence-corrected chi connectivity index (χ1v) is 11.3. The Kier molecular flexibility index (Phi) is 6.94. The third kappa shape index (κ3) is 5.69. The molecule has 1 fully saturated rings. The molecule has 174 valence electrons. The number of fused-ring (bicyclic) bond motifs is 1. The normalized spacial score (nSPS) is 14.5. The van der Waals surface area contributed by atoms with Crippen LogP contribution in [0.4, 0.5) is 18.9 Å². The van der Waals surface area contributed by atoms with Gasteiger partial charge in [-0.2, -0.15) is 13.2 Å². The topological polar surface area (TPSA) is 63.6 Å². The largest absolute Gasteiger partial charge is 0.416 e. The average molecular weight is 478 g/mol. The van der Waals surface area contributed by atoms with Crippen LogP contribution in [-0.4, -0.2) is 53.3 Å². The standard InChI is InChI=1S/C23H22F3N3O3S/c24-23(25,26)16-4-3-5-17(12-16)27-21(30)15-33-20-13-29(19-7-2-1-6-18(19)20)14-22(31)28-8-10-32-11-9-28/h1-7,12-13H,8-11,14-15H2,(H,27,30). The molecule has 0 spiro atoms. The zero-order valence-electron chi connectivity index (χ0n) is 17.6. The third-order valence-corrected chi connectivity index (χ3v) is 6.30. The lowest BCUT2D eigenvalue weighted by Crippen LogP contribution is -2.42. The lowest BCUT2D eigenvalue weighted by atomic mass is 10.2. The number of hydrogen-bond donors (Lipinski definition) is 1. The number of ether oxygens (including phenoxy) is 1. The molecule has 0 unspecified atom stereocenters. The third-order valence-electron chi connectivity index (χ3n) is 5.25. The minimum absolute atomic E-state index is 0.00195. The summed E-state index contributed by atoms with van der Waals surface area (Å²) < 4.78 is 45.8. The fraction of sp³-hybridized carbons (Fsp3) is 0.304. The number of anilines is 1. The van der Waals surface area contributed by atoms with Gasteiger partial charge in [0.15, 0.2) is 0 Å². The predicted molar refractivity (Wildman–Crippen MR) is 120 cm³/mol. The van der Waals surface area contributed by atoms with Crippen molar-refractivity contribution in [3.8, 4) is 0 Å². The molecule has 4 rings (SSSR count). The van der Waals surface area contributed by atoms with Crippen LogP contribution in [-0.2, 0) is 27.0 Å². The molecule has 6 nitrogen and oxygen atoms in total. The van der Waals surface area contributed by atoms with Crippen molar-refractivity contribution in [2.75, 3.05) is 37.4 Å². The van der Waals surface area contributed by atoms with Crippen LogP contribution >= 0.6 is 11.8 Å². The number of rotatable bonds is 6. The molecule has 1 saturated heterocycles. The van der Waals surface area contributed by atoms with E-state index in [9.17, 15) is 22.8 Å². The van der Waals surface area contributed by atoms with Crippen molar-refractivity contribution >= 4 is 40.2 Å². The van der Waals surface area contributed by atoms with Crippen molar-refractivity contribution < 1.29 is 27.5 Å². The average Bonchev–Trinajstić information content (AvgIpc) is 3.15. The van der Waals surface area contributed by atoms with Crippen molar-refractivity contribution in [1.29, 1.82) is 0 Å². The number of aromatic nitrogens is 1. The van der Waals surface area contributed by atoms with Crippen LogP contribution in [0.5, 0.6) is 0 Å². The molecule has 1 N–H and O–H groups in total. The Labute approximate surface area is 192 Å². The van der Waals surface area contributed by atoms with Crippen molar-refractivity contribution in [1.82, 2.24) is 9.47 Å². The van der Waals surface area contributed by atoms with Gasteiger partial charge in [-0.1, -0.05) is 24.3 Å². The summed E-state index contributed by atoms with van der Waals surface area (Å²) in [6.07, 6.45) is -2.64. The van der Waals surface area contributed by atoms with Gasteiger partial charge >= 0.3 is 6.18 Å². The van der Waals surface area contributed by atoms with E-state index >= 15 is 0 Å². The van der Waals surface area contributed by atoms with Crippen LogP contribution in [0.1, 0.15) is 5.56 Å². The number of para-hydroxylation sites is 1. The quantitative estimate of drug-likeness (QED) is 0.540. The highest BCUT2D eigenvalue weighted by Crippen LogP contribution is 2.32. The van der Waals surface area contributed by atoms with E-state index in [1.165, 1.54) is 23.9 Å². The lowest BCUT2D eigenvalue weighted by molar-refractivity contribution is -0.137. The van der Waals surface area contributed by atoms with Crippen LogP contribution < -0.4 is 5.32 Å². The summed E-state index contributed by atoms with van der Waals surface area (Å²) in [5, 5.41) is 3.42. The minimum Gasteiger partial charge on any atom is -0.378 e. The Morgan fingerprint density at radius 1 is 1.06 bits per heavy atom. The molecule has 1 aliphatic heterocycles. The monoisotopic (exact) mass is 477 g/mol. The Morgan fingerprint density at radius 2 is 1.82 bits per heavy atom. The molecular formula is C23H22F3N3O3S. The van der Waals surface area contributed by atoms with E-state index in [0.717, 1.165) is 27.9 Å². The molecule has 0 saturated carbocycles. The second-order valence-corrected chi connectivity index (χ2v) is 8.56. The number of benzene rings is 2. The number of hydrogen-bond acceptors (Lipinski definition) is 4. The predicted octanol–water partition coefficient (Wildman–Crippen LogP) is 4.25. The molecule has 0 aliphatic carbocycles. The van der Waals surface area contributed by atoms with Gasteiger partial charge in [0.05, 0.1) is 24.5 Å². The molecule has 0 atom stereocenters. The molecule has 1 aromatic heterocycles. The number of nitrogens with zero attached hydrogens (tertiary/aromatic N) is 2. The van der Waals surface area contributed by atoms with Crippen LogP contribution in [0, 0.1) is 0 Å². The fourth-order valence-electron chi connectivity index (χ4n) is 3.63. The zero-order chi connectivity index (χ0) is 23.4. The van der Waals surface area contributed by atoms with Gasteiger partial charge in [-0.3, -0.25) is 9.59 Å². The number of carbonyl (C=O) groups excluding carboxylic acids is 2. The second-order valence-electron chi connectivity index (χ2n) is 7.55. The molecule has 3 aromatic rings. The number of nitrogens with one attached hydrogen (secondary N) is 1. The van der Waals surface area contributed by atoms with Gasteiger partial charge in [0.1, 0.15) is 6.54 Å². The number of alkyl halides is 3. The summed E-state index contributed by atoms with van der Waals surface area (Å²) in [4.78, 5) is 27.7. The van der Waals surface area contributed by atoms with Gasteiger partial charge in [-0.05, 0) is 24.3 Å². The summed E-state index contributed by atoms with van der Waals surface area (Å²) in [6, 6.07) is 12.1. The summed E-state index contributed by atoms with van der Waals surface area (Å²) in [6.45, 7) is 2.36. The number of amides is 2. The van der Waals surface area contributed by atoms with Crippen LogP contribution in [0.2, 0.25) is 0 Å². The highest BCUT2D eigenvalue weighted by molar-refractivity contribution is 8.00. The van der Waals surface area contributed by atoms with Crippen molar-refractivity contribution in [3.05, 3.63) is 60.3 Å². The minimum atomic E-state index is -4.48. The summed E-state index contributed by atoms with van der Waals surface area (Å²) in [7, 11) is 0. The first-order chi connectivity index (χ1) is 15.8. The molecule has 33 heavy (non-hydrogen) atoms. The molecule has 2 amide bonds. The molecule has 0 radical (unpaired) electrons. The van der Waals surface area contributed by atoms with E-state index in [4.69, 9.17) is 4.74 Å². The lowest BCUT2D eigenvalue weighted by Gasteiger charge is -2.27. The van der Waals surface area contributed by atoms with Gasteiger partial charge < -0.3 is 19.5 Å². The van der Waals surface area contributed by atoms with Crippen LogP contribution in [0.3, 0.4) is 0 Å². The van der Waals surface area contributed by atoms with Gasteiger partial charge in [-0.25, -0.2) is 0 Å². The molecule has 2 aromatic carbocycles. The van der Waals surface area contributed by atoms with Crippen molar-refractivity contribution in [2.45, 2.75) is 17.6 Å². The molecule has 10 heteroatoms. The van der Waals surface area contributed by atoms with Gasteiger partial charge in [0.25, 0.3) is 0 Å². The number of carbonyl (C=O) groups is 2. The van der Waals surface area contributed by atoms with Gasteiger partial charge in [-0.15, -0.1) is 11.8 Å². The second kappa shape index (κ2) is 9.88. The maximum atomic E-state index is 12.9. The highest BCUT2D eigenvalue weighted by atomic mass is 32.2. The van der Waals surface area contributed by atoms with Crippen LogP contribution in [0.15, 0.2) is 59.6 Å². The van der Waals surface area contributed by atoms with E-state index < -0.39 is 17.6 Å². The summed E-state index contributed by atoms with van der Waals surface area (Å²) in [5.41, 5.74) is 0.148. The number of thioether (sulfide) groups is 1. The van der Waals surface area contributed by atoms with E-state index in [2.05, 4.69) is 5.32 Å². The smallest absolute Gasteiger partial charge is 0.378 e. The molecule has 1 aliphatic rings. The van der Waals surface area contributed by atoms with Crippen LogP contribution in [0.25, 0.3) is 10.9 Å². The SMILES string of the molecule is O=C(CSc1cn(CC(=O)N2CCOCC2)c2ccccc12)Nc1cccc(C(F)(F)F)c1. The Morgan fingerprint density at radius 3 is 2.58 bits per heavy atom. The molecular weight excluding hydrogens is 455 g/mol. The Bertz CT molecular complexity index is 1160. The van der Waals surface area contributed by atoms with E-state index in [-0.39, 0.29) is 23.9 Å². The maximum absolute atomic E-state index is 12.9. The van der Waals surface area contributed by atoms with E-state index in [1.807, 2.05) is 35.0 Å². The van der Waals surface area contributed by atoms with Crippen molar-refractivity contribution in [3.63, 3.8) is 0 Å². The first-order valence-electron chi connectivity index (χ1n) is 10.3. The fourth-order valence-corrected chi connectivity index (χ4v) is 4.52. The molecule has 0 bridgehead atoms. The number of halogens is 3. The Hall–Kier alpha value is -2.98. The summed E-state index contributed by atoms with van der Waals surface area (Å²) >= 11 is 1.27. The highest BCUT2D eigenvalue weighted by Gasteiger charge is 2.30. The molecule has 2 heterocycles. The van der Waals surface area contributed by atoms with E-state index in [0.29, 0.717) is 26.3 Å². The van der Waals surface area contributed by atoms with Crippen molar-refractivity contribution in [2.24, 2.45) is 0 Å².